The number of imidazole rings is 1. The van der Waals surface area contributed by atoms with Crippen LogP contribution in [0.3, 0.4) is 0 Å². The molecule has 1 spiro atoms. The minimum absolute atomic E-state index is 0.488. The normalized spacial score (nSPS) is 26.5. The Morgan fingerprint density at radius 3 is 3.16 bits per heavy atom. The third-order valence-corrected chi connectivity index (χ3v) is 3.39. The maximum Gasteiger partial charge on any atom is 0.151 e. The summed E-state index contributed by atoms with van der Waals surface area (Å²) in [5, 5.41) is 17.8. The van der Waals surface area contributed by atoms with Crippen molar-refractivity contribution < 1.29 is 0 Å². The summed E-state index contributed by atoms with van der Waals surface area (Å²) in [6.07, 6.45) is 9.38. The van der Waals surface area contributed by atoms with Gasteiger partial charge >= 0.3 is 0 Å². The Labute approximate surface area is 106 Å². The fraction of sp³-hybridized carbons (Fsp3) is 0.0909. The maximum absolute atomic E-state index is 12.2. The van der Waals surface area contributed by atoms with E-state index in [1.165, 1.54) is 29.8 Å². The predicted molar refractivity (Wildman–Crippen MR) is 71.0 cm³/mol. The lowest BCUT2D eigenvalue weighted by atomic mass is 9.83. The SMILES string of the molecule is Nn1cnc2c1=CC1=CC=NN([O-])C13C=NC=NC=23. The molecule has 94 valence electrons. The van der Waals surface area contributed by atoms with E-state index in [0.29, 0.717) is 27.1 Å². The molecule has 2 N–H and O–H groups in total. The van der Waals surface area contributed by atoms with Gasteiger partial charge in [-0.05, 0) is 17.7 Å². The lowest BCUT2D eigenvalue weighted by Crippen LogP contribution is -2.56. The molecule has 1 aromatic rings. The van der Waals surface area contributed by atoms with Crippen LogP contribution in [0, 0.1) is 5.21 Å². The quantitative estimate of drug-likeness (QED) is 0.544. The second-order valence-electron chi connectivity index (χ2n) is 4.33. The zero-order valence-corrected chi connectivity index (χ0v) is 9.63. The van der Waals surface area contributed by atoms with Gasteiger partial charge in [-0.3, -0.25) is 0 Å². The van der Waals surface area contributed by atoms with Crippen LogP contribution in [0.25, 0.3) is 11.8 Å². The number of nitrogens with zero attached hydrogens (tertiary/aromatic N) is 6. The van der Waals surface area contributed by atoms with Gasteiger partial charge in [-0.15, -0.1) is 0 Å². The summed E-state index contributed by atoms with van der Waals surface area (Å²) in [4.78, 5) is 12.4. The van der Waals surface area contributed by atoms with Crippen molar-refractivity contribution in [2.75, 3.05) is 5.84 Å². The van der Waals surface area contributed by atoms with Crippen molar-refractivity contribution >= 4 is 30.5 Å². The monoisotopic (exact) mass is 254 g/mol. The fourth-order valence-corrected chi connectivity index (χ4v) is 2.49. The van der Waals surface area contributed by atoms with Crippen LogP contribution in [0.5, 0.6) is 0 Å². The first-order valence-electron chi connectivity index (χ1n) is 5.57. The predicted octanol–water partition coefficient (Wildman–Crippen LogP) is -1.92. The van der Waals surface area contributed by atoms with Crippen molar-refractivity contribution in [2.45, 2.75) is 5.54 Å². The molecule has 4 rings (SSSR count). The number of aliphatic imine (C=N–C) groups is 2. The maximum atomic E-state index is 12.2. The highest BCUT2D eigenvalue weighted by atomic mass is 16.5. The van der Waals surface area contributed by atoms with Gasteiger partial charge in [0.25, 0.3) is 0 Å². The van der Waals surface area contributed by atoms with Crippen LogP contribution in [0.1, 0.15) is 0 Å². The summed E-state index contributed by atoms with van der Waals surface area (Å²) < 4.78 is 1.40. The van der Waals surface area contributed by atoms with E-state index >= 15 is 0 Å². The van der Waals surface area contributed by atoms with Crippen molar-refractivity contribution in [3.05, 3.63) is 33.9 Å². The molecule has 3 aliphatic rings. The first-order valence-corrected chi connectivity index (χ1v) is 5.57. The van der Waals surface area contributed by atoms with Crippen LogP contribution in [-0.2, 0) is 0 Å². The van der Waals surface area contributed by atoms with Crippen LogP contribution in [0.2, 0.25) is 0 Å². The number of nitrogens with two attached hydrogens (primary N) is 1. The molecular weight excluding hydrogens is 246 g/mol. The van der Waals surface area contributed by atoms with Gasteiger partial charge < -0.3 is 16.2 Å². The lowest BCUT2D eigenvalue weighted by molar-refractivity contribution is 0.329. The molecule has 0 radical (unpaired) electrons. The minimum Gasteiger partial charge on any atom is -0.740 e. The largest absolute Gasteiger partial charge is 0.740 e. The van der Waals surface area contributed by atoms with Crippen molar-refractivity contribution in [3.8, 4) is 0 Å². The molecule has 19 heavy (non-hydrogen) atoms. The van der Waals surface area contributed by atoms with E-state index in [1.807, 2.05) is 0 Å². The molecule has 3 heterocycles. The van der Waals surface area contributed by atoms with Gasteiger partial charge in [0.05, 0.1) is 5.35 Å². The van der Waals surface area contributed by atoms with E-state index < -0.39 is 5.54 Å². The van der Waals surface area contributed by atoms with Gasteiger partial charge in [-0.1, -0.05) is 0 Å². The van der Waals surface area contributed by atoms with Gasteiger partial charge in [0.1, 0.15) is 23.7 Å². The second-order valence-corrected chi connectivity index (χ2v) is 4.33. The van der Waals surface area contributed by atoms with E-state index in [9.17, 15) is 5.21 Å². The third kappa shape index (κ3) is 1.06. The minimum atomic E-state index is -1.13. The molecule has 0 amide bonds. The molecule has 8 heteroatoms. The van der Waals surface area contributed by atoms with E-state index in [0.717, 1.165) is 0 Å². The smallest absolute Gasteiger partial charge is 0.151 e. The highest BCUT2D eigenvalue weighted by Crippen LogP contribution is 2.36. The molecule has 0 saturated heterocycles. The van der Waals surface area contributed by atoms with Crippen molar-refractivity contribution in [3.63, 3.8) is 0 Å². The summed E-state index contributed by atoms with van der Waals surface area (Å²) >= 11 is 0. The van der Waals surface area contributed by atoms with Crippen molar-refractivity contribution in [1.82, 2.24) is 14.8 Å². The van der Waals surface area contributed by atoms with Crippen LogP contribution in [-0.4, -0.2) is 39.1 Å². The van der Waals surface area contributed by atoms with Gasteiger partial charge in [0.2, 0.25) is 0 Å². The summed E-state index contributed by atoms with van der Waals surface area (Å²) in [5.74, 6) is 5.81. The zero-order chi connectivity index (χ0) is 13.0. The molecule has 8 nitrogen and oxygen atoms in total. The van der Waals surface area contributed by atoms with E-state index in [2.05, 4.69) is 20.1 Å². The van der Waals surface area contributed by atoms with E-state index in [1.54, 1.807) is 12.2 Å². The molecule has 2 aliphatic heterocycles. The van der Waals surface area contributed by atoms with Crippen molar-refractivity contribution in [2.24, 2.45) is 15.1 Å². The van der Waals surface area contributed by atoms with Gasteiger partial charge in [-0.25, -0.2) is 19.6 Å². The summed E-state index contributed by atoms with van der Waals surface area (Å²) in [6.45, 7) is 0. The number of hydrogen-bond acceptors (Lipinski definition) is 7. The van der Waals surface area contributed by atoms with Crippen LogP contribution in [0.15, 0.2) is 33.1 Å². The van der Waals surface area contributed by atoms with Gasteiger partial charge in [0, 0.05) is 12.4 Å². The average molecular weight is 254 g/mol. The Balaban J connectivity index is 2.21. The third-order valence-electron chi connectivity index (χ3n) is 3.39. The number of allylic oxidation sites excluding steroid dienone is 1. The van der Waals surface area contributed by atoms with Crippen LogP contribution >= 0.6 is 0 Å². The molecule has 0 aromatic carbocycles. The topological polar surface area (TPSA) is 107 Å². The Morgan fingerprint density at radius 2 is 2.26 bits per heavy atom. The number of aromatic nitrogens is 2. The summed E-state index contributed by atoms with van der Waals surface area (Å²) in [7, 11) is 0. The Morgan fingerprint density at radius 1 is 1.37 bits per heavy atom. The molecule has 1 atom stereocenters. The summed E-state index contributed by atoms with van der Waals surface area (Å²) in [6, 6.07) is 0. The van der Waals surface area contributed by atoms with E-state index in [4.69, 9.17) is 5.84 Å². The van der Waals surface area contributed by atoms with Crippen molar-refractivity contribution in [1.29, 1.82) is 0 Å². The Hall–Kier alpha value is -2.74. The number of hydrogen-bond donors (Lipinski definition) is 1. The second kappa shape index (κ2) is 3.18. The van der Waals surface area contributed by atoms with E-state index in [-0.39, 0.29) is 0 Å². The number of rotatable bonds is 0. The van der Waals surface area contributed by atoms with Crippen LogP contribution in [0.4, 0.5) is 0 Å². The number of nitrogen functional groups attached to an aromatic ring is 1. The Kier molecular flexibility index (Phi) is 1.71. The highest BCUT2D eigenvalue weighted by Gasteiger charge is 2.43. The molecule has 0 bridgehead atoms. The molecule has 0 saturated carbocycles. The average Bonchev–Trinajstić information content (AvgIpc) is 2.79. The van der Waals surface area contributed by atoms with Gasteiger partial charge in [-0.2, -0.15) is 5.10 Å². The number of fused-ring (bicyclic) bond motifs is 1. The number of hydrazone groups is 1. The summed E-state index contributed by atoms with van der Waals surface area (Å²) in [5.41, 5.74) is 0.0697. The molecule has 1 unspecified atom stereocenters. The number of hydroxylamine groups is 1. The molecule has 0 fully saturated rings. The Bertz CT molecular complexity index is 813. The first-order chi connectivity index (χ1) is 9.23. The molecular formula is C11H8N7O-. The fourth-order valence-electron chi connectivity index (χ4n) is 2.49. The highest BCUT2D eigenvalue weighted by molar-refractivity contribution is 6.03. The lowest BCUT2D eigenvalue weighted by Gasteiger charge is -2.47. The first kappa shape index (κ1) is 10.2. The van der Waals surface area contributed by atoms with Gasteiger partial charge in [0.15, 0.2) is 5.54 Å². The molecule has 1 aromatic heterocycles. The standard InChI is InChI=1S/C11H8N7O/c12-17-6-15-9-8(17)3-7-1-2-16-18(19)11(7)4-13-5-14-10(9)11/h1-6H,12H2/q-1. The van der Waals surface area contributed by atoms with Crippen LogP contribution < -0.4 is 16.5 Å². The molecule has 1 aliphatic carbocycles. The zero-order valence-electron chi connectivity index (χ0n) is 9.63.